The van der Waals surface area contributed by atoms with Crippen molar-refractivity contribution >= 4 is 22.8 Å². The van der Waals surface area contributed by atoms with E-state index in [1.54, 1.807) is 31.2 Å². The van der Waals surface area contributed by atoms with Crippen LogP contribution in [0.5, 0.6) is 0 Å². The minimum atomic E-state index is -0.967. The Bertz CT molecular complexity index is 736. The van der Waals surface area contributed by atoms with E-state index in [-0.39, 0.29) is 17.5 Å². The first-order valence-electron chi connectivity index (χ1n) is 6.66. The largest absolute Gasteiger partial charge is 0.481 e. The van der Waals surface area contributed by atoms with E-state index in [0.717, 1.165) is 0 Å². The summed E-state index contributed by atoms with van der Waals surface area (Å²) < 4.78 is 0. The maximum atomic E-state index is 12.2. The Morgan fingerprint density at radius 1 is 1.33 bits per heavy atom. The van der Waals surface area contributed by atoms with E-state index in [9.17, 15) is 14.4 Å². The minimum Gasteiger partial charge on any atom is -0.481 e. The summed E-state index contributed by atoms with van der Waals surface area (Å²) in [5.41, 5.74) is 0.259. The van der Waals surface area contributed by atoms with Gasteiger partial charge in [0.1, 0.15) is 5.56 Å². The summed E-state index contributed by atoms with van der Waals surface area (Å²) in [5, 5.41) is 11.9. The molecule has 0 fully saturated rings. The lowest BCUT2D eigenvalue weighted by atomic mass is 10.1. The number of carboxylic acid groups (broad SMARTS) is 1. The SMILES string of the molecule is CCC(CNC(=O)c1c[nH]c2ccccc2c1=O)C(=O)O. The van der Waals surface area contributed by atoms with Gasteiger partial charge in [0.05, 0.1) is 5.92 Å². The lowest BCUT2D eigenvalue weighted by Gasteiger charge is -2.11. The summed E-state index contributed by atoms with van der Waals surface area (Å²) >= 11 is 0. The molecule has 21 heavy (non-hydrogen) atoms. The molecule has 3 N–H and O–H groups in total. The Labute approximate surface area is 120 Å². The second-order valence-corrected chi connectivity index (χ2v) is 4.73. The zero-order chi connectivity index (χ0) is 15.4. The number of hydrogen-bond donors (Lipinski definition) is 3. The van der Waals surface area contributed by atoms with Crippen molar-refractivity contribution in [3.8, 4) is 0 Å². The Hall–Kier alpha value is -2.63. The molecule has 2 aromatic rings. The van der Waals surface area contributed by atoms with Crippen molar-refractivity contribution in [2.75, 3.05) is 6.54 Å². The fourth-order valence-corrected chi connectivity index (χ4v) is 2.05. The van der Waals surface area contributed by atoms with Gasteiger partial charge in [0, 0.05) is 23.6 Å². The third-order valence-corrected chi connectivity index (χ3v) is 3.38. The predicted molar refractivity (Wildman–Crippen MR) is 78.3 cm³/mol. The van der Waals surface area contributed by atoms with Gasteiger partial charge in [-0.05, 0) is 18.6 Å². The van der Waals surface area contributed by atoms with Crippen LogP contribution >= 0.6 is 0 Å². The average Bonchev–Trinajstić information content (AvgIpc) is 2.48. The van der Waals surface area contributed by atoms with E-state index in [2.05, 4.69) is 10.3 Å². The van der Waals surface area contributed by atoms with Crippen LogP contribution in [-0.2, 0) is 4.79 Å². The Balaban J connectivity index is 2.22. The third-order valence-electron chi connectivity index (χ3n) is 3.38. The number of rotatable bonds is 5. The van der Waals surface area contributed by atoms with Crippen molar-refractivity contribution in [1.29, 1.82) is 0 Å². The number of fused-ring (bicyclic) bond motifs is 1. The Kier molecular flexibility index (Phi) is 4.37. The van der Waals surface area contributed by atoms with Crippen LogP contribution in [0.3, 0.4) is 0 Å². The number of benzene rings is 1. The molecule has 0 aliphatic heterocycles. The molecule has 1 aromatic carbocycles. The van der Waals surface area contributed by atoms with Crippen molar-refractivity contribution in [3.05, 3.63) is 46.2 Å². The van der Waals surface area contributed by atoms with Crippen LogP contribution in [0.2, 0.25) is 0 Å². The first-order valence-corrected chi connectivity index (χ1v) is 6.66. The number of amides is 1. The van der Waals surface area contributed by atoms with Crippen LogP contribution in [0.15, 0.2) is 35.3 Å². The van der Waals surface area contributed by atoms with E-state index in [1.165, 1.54) is 6.20 Å². The van der Waals surface area contributed by atoms with Crippen LogP contribution < -0.4 is 10.7 Å². The van der Waals surface area contributed by atoms with Crippen LogP contribution in [0, 0.1) is 5.92 Å². The number of aliphatic carboxylic acids is 1. The number of nitrogens with one attached hydrogen (secondary N) is 2. The first kappa shape index (κ1) is 14.8. The van der Waals surface area contributed by atoms with E-state index >= 15 is 0 Å². The van der Waals surface area contributed by atoms with Gasteiger partial charge in [-0.25, -0.2) is 0 Å². The number of hydrogen-bond acceptors (Lipinski definition) is 3. The van der Waals surface area contributed by atoms with Gasteiger partial charge in [0.25, 0.3) is 5.91 Å². The molecule has 0 saturated carbocycles. The maximum Gasteiger partial charge on any atom is 0.308 e. The number of aromatic amines is 1. The molecular formula is C15H16N2O4. The second-order valence-electron chi connectivity index (χ2n) is 4.73. The normalized spacial score (nSPS) is 12.0. The highest BCUT2D eigenvalue weighted by atomic mass is 16.4. The molecule has 110 valence electrons. The fourth-order valence-electron chi connectivity index (χ4n) is 2.05. The highest BCUT2D eigenvalue weighted by Gasteiger charge is 2.18. The van der Waals surface area contributed by atoms with Gasteiger partial charge >= 0.3 is 5.97 Å². The van der Waals surface area contributed by atoms with Crippen LogP contribution in [0.4, 0.5) is 0 Å². The van der Waals surface area contributed by atoms with Gasteiger partial charge in [-0.2, -0.15) is 0 Å². The summed E-state index contributed by atoms with van der Waals surface area (Å²) in [4.78, 5) is 38.0. The second kappa shape index (κ2) is 6.21. The zero-order valence-corrected chi connectivity index (χ0v) is 11.6. The number of aromatic nitrogens is 1. The molecule has 0 spiro atoms. The van der Waals surface area contributed by atoms with E-state index < -0.39 is 17.8 Å². The molecule has 1 amide bonds. The molecule has 1 atom stereocenters. The Morgan fingerprint density at radius 2 is 2.05 bits per heavy atom. The van der Waals surface area contributed by atoms with Crippen molar-refractivity contribution in [2.24, 2.45) is 5.92 Å². The number of para-hydroxylation sites is 1. The van der Waals surface area contributed by atoms with Gasteiger partial charge in [-0.15, -0.1) is 0 Å². The van der Waals surface area contributed by atoms with Crippen LogP contribution in [0.25, 0.3) is 10.9 Å². The lowest BCUT2D eigenvalue weighted by Crippen LogP contribution is -2.35. The standard InChI is InChI=1S/C15H16N2O4/c1-2-9(15(20)21)7-17-14(19)11-8-16-12-6-4-3-5-10(12)13(11)18/h3-6,8-9H,2,7H2,1H3,(H,16,18)(H,17,19)(H,20,21). The molecule has 0 aliphatic rings. The Morgan fingerprint density at radius 3 is 2.71 bits per heavy atom. The molecule has 2 rings (SSSR count). The number of carbonyl (C=O) groups is 2. The monoisotopic (exact) mass is 288 g/mol. The van der Waals surface area contributed by atoms with Crippen LogP contribution in [0.1, 0.15) is 23.7 Å². The number of H-pyrrole nitrogens is 1. The van der Waals surface area contributed by atoms with Crippen molar-refractivity contribution < 1.29 is 14.7 Å². The topological polar surface area (TPSA) is 99.3 Å². The van der Waals surface area contributed by atoms with E-state index in [0.29, 0.717) is 17.3 Å². The highest BCUT2D eigenvalue weighted by Crippen LogP contribution is 2.07. The van der Waals surface area contributed by atoms with Crippen molar-refractivity contribution in [1.82, 2.24) is 10.3 Å². The van der Waals surface area contributed by atoms with Gasteiger partial charge in [0.2, 0.25) is 5.43 Å². The highest BCUT2D eigenvalue weighted by molar-refractivity contribution is 5.97. The molecule has 0 bridgehead atoms. The molecule has 1 aromatic heterocycles. The van der Waals surface area contributed by atoms with Gasteiger partial charge < -0.3 is 15.4 Å². The quantitative estimate of drug-likeness (QED) is 0.773. The summed E-state index contributed by atoms with van der Waals surface area (Å²) in [7, 11) is 0. The summed E-state index contributed by atoms with van der Waals surface area (Å²) in [6.07, 6.45) is 1.76. The molecule has 0 aliphatic carbocycles. The first-order chi connectivity index (χ1) is 10.0. The molecular weight excluding hydrogens is 272 g/mol. The van der Waals surface area contributed by atoms with E-state index in [1.807, 2.05) is 0 Å². The molecule has 1 unspecified atom stereocenters. The van der Waals surface area contributed by atoms with E-state index in [4.69, 9.17) is 5.11 Å². The molecule has 6 heteroatoms. The summed E-state index contributed by atoms with van der Waals surface area (Å²) in [6.45, 7) is 1.73. The predicted octanol–water partition coefficient (Wildman–Crippen LogP) is 1.37. The maximum absolute atomic E-state index is 12.2. The molecule has 0 saturated heterocycles. The molecule has 6 nitrogen and oxygen atoms in total. The summed E-state index contributed by atoms with van der Waals surface area (Å²) in [6, 6.07) is 6.89. The van der Waals surface area contributed by atoms with Gasteiger partial charge in [0.15, 0.2) is 0 Å². The fraction of sp³-hybridized carbons (Fsp3) is 0.267. The number of carboxylic acids is 1. The molecule has 0 radical (unpaired) electrons. The summed E-state index contributed by atoms with van der Waals surface area (Å²) in [5.74, 6) is -2.19. The molecule has 1 heterocycles. The minimum absolute atomic E-state index is 0.00304. The van der Waals surface area contributed by atoms with Crippen LogP contribution in [-0.4, -0.2) is 28.5 Å². The van der Waals surface area contributed by atoms with Crippen molar-refractivity contribution in [2.45, 2.75) is 13.3 Å². The van der Waals surface area contributed by atoms with Gasteiger partial charge in [-0.1, -0.05) is 19.1 Å². The van der Waals surface area contributed by atoms with Crippen molar-refractivity contribution in [3.63, 3.8) is 0 Å². The van der Waals surface area contributed by atoms with Gasteiger partial charge in [-0.3, -0.25) is 14.4 Å². The average molecular weight is 288 g/mol. The zero-order valence-electron chi connectivity index (χ0n) is 11.6. The smallest absolute Gasteiger partial charge is 0.308 e. The third kappa shape index (κ3) is 3.10. The number of carbonyl (C=O) groups excluding carboxylic acids is 1. The lowest BCUT2D eigenvalue weighted by molar-refractivity contribution is -0.141. The number of pyridine rings is 1.